The molecular formula is C8H17NO4. The third-order valence-electron chi connectivity index (χ3n) is 1.26. The van der Waals surface area contributed by atoms with Crippen LogP contribution in [0.5, 0.6) is 0 Å². The van der Waals surface area contributed by atoms with Gasteiger partial charge in [-0.3, -0.25) is 4.79 Å². The highest BCUT2D eigenvalue weighted by Crippen LogP contribution is 1.79. The molecule has 0 rings (SSSR count). The number of carbonyl (C=O) groups is 1. The second kappa shape index (κ2) is 7.97. The Kier molecular flexibility index (Phi) is 7.57. The van der Waals surface area contributed by atoms with Gasteiger partial charge in [0.25, 0.3) is 0 Å². The van der Waals surface area contributed by atoms with Crippen LogP contribution in [0.4, 0.5) is 0 Å². The summed E-state index contributed by atoms with van der Waals surface area (Å²) < 4.78 is 9.67. The van der Waals surface area contributed by atoms with Gasteiger partial charge in [0.05, 0.1) is 19.3 Å². The van der Waals surface area contributed by atoms with Gasteiger partial charge in [-0.05, 0) is 6.92 Å². The van der Waals surface area contributed by atoms with Crippen molar-refractivity contribution < 1.29 is 19.4 Å². The zero-order valence-corrected chi connectivity index (χ0v) is 8.08. The molecule has 0 heterocycles. The number of rotatable bonds is 7. The van der Waals surface area contributed by atoms with Crippen LogP contribution in [0.15, 0.2) is 0 Å². The van der Waals surface area contributed by atoms with E-state index in [9.17, 15) is 4.79 Å². The van der Waals surface area contributed by atoms with E-state index in [1.165, 1.54) is 0 Å². The zero-order chi connectivity index (χ0) is 10.1. The Hall–Kier alpha value is -0.650. The van der Waals surface area contributed by atoms with Crippen LogP contribution >= 0.6 is 0 Å². The standard InChI is InChI=1S/C8H17NO4/c1-7(10)5-9-8(11)6-13-4-3-12-2/h7,10H,3-6H2,1-2H3,(H,9,11)/t7-/m0/s1. The Labute approximate surface area is 78.0 Å². The van der Waals surface area contributed by atoms with Gasteiger partial charge in [0.15, 0.2) is 0 Å². The number of hydrogen-bond donors (Lipinski definition) is 2. The monoisotopic (exact) mass is 191 g/mol. The minimum Gasteiger partial charge on any atom is -0.392 e. The topological polar surface area (TPSA) is 67.8 Å². The normalized spacial score (nSPS) is 12.5. The van der Waals surface area contributed by atoms with Crippen molar-refractivity contribution in [2.24, 2.45) is 0 Å². The van der Waals surface area contributed by atoms with E-state index in [-0.39, 0.29) is 19.1 Å². The number of nitrogens with one attached hydrogen (secondary N) is 1. The van der Waals surface area contributed by atoms with Crippen molar-refractivity contribution in [3.8, 4) is 0 Å². The molecule has 5 nitrogen and oxygen atoms in total. The largest absolute Gasteiger partial charge is 0.392 e. The SMILES string of the molecule is COCCOCC(=O)NC[C@H](C)O. The first kappa shape index (κ1) is 12.3. The van der Waals surface area contributed by atoms with Crippen molar-refractivity contribution in [3.05, 3.63) is 0 Å². The van der Waals surface area contributed by atoms with Gasteiger partial charge in [0, 0.05) is 13.7 Å². The molecule has 2 N–H and O–H groups in total. The highest BCUT2D eigenvalue weighted by Gasteiger charge is 2.01. The van der Waals surface area contributed by atoms with Crippen LogP contribution in [0.25, 0.3) is 0 Å². The summed E-state index contributed by atoms with van der Waals surface area (Å²) in [6.07, 6.45) is -0.525. The fourth-order valence-corrected chi connectivity index (χ4v) is 0.620. The Morgan fingerprint density at radius 1 is 1.54 bits per heavy atom. The molecule has 0 bridgehead atoms. The third-order valence-corrected chi connectivity index (χ3v) is 1.26. The lowest BCUT2D eigenvalue weighted by Gasteiger charge is -2.07. The lowest BCUT2D eigenvalue weighted by molar-refractivity contribution is -0.126. The molecule has 0 aromatic heterocycles. The van der Waals surface area contributed by atoms with Crippen molar-refractivity contribution in [2.75, 3.05) is 33.5 Å². The quantitative estimate of drug-likeness (QED) is 0.514. The van der Waals surface area contributed by atoms with Crippen LogP contribution in [-0.2, 0) is 14.3 Å². The second-order valence-electron chi connectivity index (χ2n) is 2.70. The average molecular weight is 191 g/mol. The lowest BCUT2D eigenvalue weighted by atomic mass is 10.4. The van der Waals surface area contributed by atoms with Crippen molar-refractivity contribution in [1.29, 1.82) is 0 Å². The van der Waals surface area contributed by atoms with Crippen LogP contribution in [-0.4, -0.2) is 50.6 Å². The first-order valence-electron chi connectivity index (χ1n) is 4.18. The van der Waals surface area contributed by atoms with Gasteiger partial charge in [0.1, 0.15) is 6.61 Å². The van der Waals surface area contributed by atoms with Crippen LogP contribution in [0.2, 0.25) is 0 Å². The molecule has 0 saturated carbocycles. The number of aliphatic hydroxyl groups is 1. The van der Waals surface area contributed by atoms with Gasteiger partial charge in [0.2, 0.25) is 5.91 Å². The third kappa shape index (κ3) is 9.26. The minimum absolute atomic E-state index is 0.01000. The van der Waals surface area contributed by atoms with E-state index < -0.39 is 6.10 Å². The summed E-state index contributed by atoms with van der Waals surface area (Å²) in [5, 5.41) is 11.3. The molecule has 13 heavy (non-hydrogen) atoms. The summed E-state index contributed by atoms with van der Waals surface area (Å²) in [4.78, 5) is 10.9. The van der Waals surface area contributed by atoms with Crippen LogP contribution in [0.3, 0.4) is 0 Å². The first-order valence-corrected chi connectivity index (χ1v) is 4.18. The fraction of sp³-hybridized carbons (Fsp3) is 0.875. The van der Waals surface area contributed by atoms with Gasteiger partial charge in [-0.25, -0.2) is 0 Å². The van der Waals surface area contributed by atoms with E-state index in [4.69, 9.17) is 14.6 Å². The minimum atomic E-state index is -0.525. The molecule has 1 amide bonds. The molecule has 0 saturated heterocycles. The summed E-state index contributed by atoms with van der Waals surface area (Å²) >= 11 is 0. The molecule has 0 aromatic carbocycles. The van der Waals surface area contributed by atoms with Gasteiger partial charge in [-0.2, -0.15) is 0 Å². The first-order chi connectivity index (χ1) is 6.16. The van der Waals surface area contributed by atoms with Gasteiger partial charge >= 0.3 is 0 Å². The molecule has 0 unspecified atom stereocenters. The molecule has 0 aliphatic heterocycles. The Bertz CT molecular complexity index is 138. The van der Waals surface area contributed by atoms with Gasteiger partial charge < -0.3 is 19.9 Å². The predicted octanol–water partition coefficient (Wildman–Crippen LogP) is -0.854. The number of ether oxygens (including phenoxy) is 2. The zero-order valence-electron chi connectivity index (χ0n) is 8.08. The maximum Gasteiger partial charge on any atom is 0.246 e. The maximum atomic E-state index is 10.9. The Morgan fingerprint density at radius 3 is 2.77 bits per heavy atom. The van der Waals surface area contributed by atoms with Crippen LogP contribution < -0.4 is 5.32 Å². The Balaban J connectivity index is 3.20. The number of methoxy groups -OCH3 is 1. The van der Waals surface area contributed by atoms with Gasteiger partial charge in [-0.15, -0.1) is 0 Å². The smallest absolute Gasteiger partial charge is 0.246 e. The van der Waals surface area contributed by atoms with Gasteiger partial charge in [-0.1, -0.05) is 0 Å². The maximum absolute atomic E-state index is 10.9. The molecule has 5 heteroatoms. The number of amides is 1. The summed E-state index contributed by atoms with van der Waals surface area (Å²) in [6.45, 7) is 2.75. The molecule has 0 fully saturated rings. The molecule has 0 aliphatic carbocycles. The van der Waals surface area contributed by atoms with E-state index in [1.807, 2.05) is 0 Å². The molecule has 78 valence electrons. The van der Waals surface area contributed by atoms with E-state index in [2.05, 4.69) is 5.32 Å². The number of carbonyl (C=O) groups excluding carboxylic acids is 1. The molecule has 0 aromatic rings. The molecule has 1 atom stereocenters. The predicted molar refractivity (Wildman–Crippen MR) is 47.4 cm³/mol. The van der Waals surface area contributed by atoms with Crippen molar-refractivity contribution in [2.45, 2.75) is 13.0 Å². The highest BCUT2D eigenvalue weighted by molar-refractivity contribution is 5.77. The molecule has 0 radical (unpaired) electrons. The van der Waals surface area contributed by atoms with E-state index in [0.717, 1.165) is 0 Å². The van der Waals surface area contributed by atoms with E-state index in [0.29, 0.717) is 13.2 Å². The Morgan fingerprint density at radius 2 is 2.23 bits per heavy atom. The van der Waals surface area contributed by atoms with Crippen molar-refractivity contribution >= 4 is 5.91 Å². The van der Waals surface area contributed by atoms with Crippen molar-refractivity contribution in [1.82, 2.24) is 5.32 Å². The summed E-state index contributed by atoms with van der Waals surface area (Å²) in [6, 6.07) is 0. The van der Waals surface area contributed by atoms with Crippen molar-refractivity contribution in [3.63, 3.8) is 0 Å². The van der Waals surface area contributed by atoms with E-state index in [1.54, 1.807) is 14.0 Å². The molecular weight excluding hydrogens is 174 g/mol. The second-order valence-corrected chi connectivity index (χ2v) is 2.70. The lowest BCUT2D eigenvalue weighted by Crippen LogP contribution is -2.33. The summed E-state index contributed by atoms with van der Waals surface area (Å²) in [5.41, 5.74) is 0. The summed E-state index contributed by atoms with van der Waals surface area (Å²) in [7, 11) is 1.57. The fourth-order valence-electron chi connectivity index (χ4n) is 0.620. The molecule has 0 spiro atoms. The number of hydrogen-bond acceptors (Lipinski definition) is 4. The number of aliphatic hydroxyl groups excluding tert-OH is 1. The van der Waals surface area contributed by atoms with Crippen LogP contribution in [0, 0.1) is 0 Å². The van der Waals surface area contributed by atoms with Crippen LogP contribution in [0.1, 0.15) is 6.92 Å². The molecule has 0 aliphatic rings. The van der Waals surface area contributed by atoms with E-state index >= 15 is 0 Å². The highest BCUT2D eigenvalue weighted by atomic mass is 16.5. The summed E-state index contributed by atoms with van der Waals surface area (Å²) in [5.74, 6) is -0.225. The average Bonchev–Trinajstić information content (AvgIpc) is 2.09.